The van der Waals surface area contributed by atoms with Crippen LogP contribution in [0, 0.1) is 13.8 Å². The van der Waals surface area contributed by atoms with Crippen molar-refractivity contribution in [1.29, 1.82) is 0 Å². The highest BCUT2D eigenvalue weighted by Gasteiger charge is 2.53. The Morgan fingerprint density at radius 2 is 1.51 bits per heavy atom. The summed E-state index contributed by atoms with van der Waals surface area (Å²) in [5.74, 6) is -0.367. The summed E-state index contributed by atoms with van der Waals surface area (Å²) in [5.41, 5.74) is 3.82. The Labute approximate surface area is 210 Å². The second kappa shape index (κ2) is 10.8. The van der Waals surface area contributed by atoms with Gasteiger partial charge in [0.1, 0.15) is 0 Å². The lowest BCUT2D eigenvalue weighted by Gasteiger charge is -2.34. The second-order valence-electron chi connectivity index (χ2n) is 10.2. The number of carbonyl (C=O) groups excluding carboxylic acids is 1. The highest BCUT2D eigenvalue weighted by molar-refractivity contribution is 7.93. The molecule has 1 aliphatic carbocycles. The molecule has 1 aliphatic heterocycles. The van der Waals surface area contributed by atoms with Crippen molar-refractivity contribution >= 4 is 15.7 Å². The maximum Gasteiger partial charge on any atom is 0.242 e. The number of aryl methyl sites for hydroxylation is 2. The molecule has 1 heterocycles. The first-order valence-electron chi connectivity index (χ1n) is 12.9. The molecule has 2 aliphatic rings. The summed E-state index contributed by atoms with van der Waals surface area (Å²) in [7, 11) is -3.81. The highest BCUT2D eigenvalue weighted by Crippen LogP contribution is 2.41. The zero-order valence-electron chi connectivity index (χ0n) is 21.3. The van der Waals surface area contributed by atoms with Gasteiger partial charge in [-0.05, 0) is 61.6 Å². The molecule has 0 atom stereocenters. The quantitative estimate of drug-likeness (QED) is 0.600. The van der Waals surface area contributed by atoms with Crippen LogP contribution in [0.15, 0.2) is 47.4 Å². The van der Waals surface area contributed by atoms with Gasteiger partial charge in [-0.25, -0.2) is 8.42 Å². The number of sulfone groups is 1. The van der Waals surface area contributed by atoms with E-state index >= 15 is 0 Å². The van der Waals surface area contributed by atoms with Gasteiger partial charge in [-0.15, -0.1) is 0 Å². The molecule has 0 bridgehead atoms. The Balaban J connectivity index is 1.41. The van der Waals surface area contributed by atoms with Crippen molar-refractivity contribution in [2.24, 2.45) is 0 Å². The van der Waals surface area contributed by atoms with Crippen LogP contribution in [0.25, 0.3) is 0 Å². The number of nitrogens with zero attached hydrogens (tertiary/aromatic N) is 2. The first-order chi connectivity index (χ1) is 16.7. The maximum atomic E-state index is 13.8. The van der Waals surface area contributed by atoms with E-state index in [0.29, 0.717) is 29.8 Å². The summed E-state index contributed by atoms with van der Waals surface area (Å²) in [6.07, 6.45) is 2.25. The third-order valence-corrected chi connectivity index (χ3v) is 10.4. The molecule has 0 aromatic heterocycles. The van der Waals surface area contributed by atoms with Gasteiger partial charge in [-0.1, -0.05) is 56.2 Å². The molecule has 1 saturated carbocycles. The Bertz CT molecular complexity index is 1130. The summed E-state index contributed by atoms with van der Waals surface area (Å²) in [6, 6.07) is 13.8. The minimum atomic E-state index is -3.81. The topological polar surface area (TPSA) is 69.7 Å². The van der Waals surface area contributed by atoms with E-state index in [2.05, 4.69) is 34.2 Å². The number of likely N-dealkylation sites (N-methyl/N-ethyl adjacent to an activating group) is 1. The van der Waals surface area contributed by atoms with Crippen LogP contribution in [-0.2, 0) is 27.7 Å². The van der Waals surface area contributed by atoms with Crippen LogP contribution in [0.2, 0.25) is 0 Å². The van der Waals surface area contributed by atoms with E-state index in [1.54, 1.807) is 13.0 Å². The number of carbonyl (C=O) groups is 1. The molecule has 190 valence electrons. The van der Waals surface area contributed by atoms with E-state index < -0.39 is 14.6 Å². The lowest BCUT2D eigenvalue weighted by Crippen LogP contribution is -2.50. The van der Waals surface area contributed by atoms with Crippen LogP contribution in [0.1, 0.15) is 54.9 Å². The minimum absolute atomic E-state index is 0.290. The molecule has 6 nitrogen and oxygen atoms in total. The SMILES string of the molecule is CCN1CCN(Cc2ccc(CNC(=O)C3(S(=O)(=O)c4cc(C)ccc4C)CCCC3)cc2)CC1. The highest BCUT2D eigenvalue weighted by atomic mass is 32.2. The van der Waals surface area contributed by atoms with Crippen molar-refractivity contribution in [2.45, 2.75) is 69.2 Å². The first kappa shape index (κ1) is 25.9. The van der Waals surface area contributed by atoms with E-state index in [1.807, 2.05) is 31.2 Å². The number of hydrogen-bond donors (Lipinski definition) is 1. The average molecular weight is 498 g/mol. The Kier molecular flexibility index (Phi) is 7.99. The lowest BCUT2D eigenvalue weighted by molar-refractivity contribution is -0.123. The number of hydrogen-bond acceptors (Lipinski definition) is 5. The predicted molar refractivity (Wildman–Crippen MR) is 140 cm³/mol. The molecule has 0 spiro atoms. The standard InChI is InChI=1S/C28H39N3O3S/c1-4-30-15-17-31(18-16-30)21-25-11-9-24(10-12-25)20-29-27(32)28(13-5-6-14-28)35(33,34)26-19-22(2)7-8-23(26)3/h7-12,19H,4-6,13-18,20-21H2,1-3H3,(H,29,32). The van der Waals surface area contributed by atoms with Crippen molar-refractivity contribution in [2.75, 3.05) is 32.7 Å². The summed E-state index contributed by atoms with van der Waals surface area (Å²) in [5, 5.41) is 2.97. The zero-order valence-corrected chi connectivity index (χ0v) is 22.2. The minimum Gasteiger partial charge on any atom is -0.351 e. The van der Waals surface area contributed by atoms with Crippen LogP contribution in [0.4, 0.5) is 0 Å². The second-order valence-corrected chi connectivity index (χ2v) is 12.4. The van der Waals surface area contributed by atoms with Gasteiger partial charge >= 0.3 is 0 Å². The molecule has 7 heteroatoms. The molecule has 0 unspecified atom stereocenters. The van der Waals surface area contributed by atoms with Gasteiger partial charge in [0.15, 0.2) is 14.6 Å². The third kappa shape index (κ3) is 5.47. The van der Waals surface area contributed by atoms with Crippen molar-refractivity contribution < 1.29 is 13.2 Å². The first-order valence-corrected chi connectivity index (χ1v) is 14.4. The van der Waals surface area contributed by atoms with Crippen molar-refractivity contribution in [3.63, 3.8) is 0 Å². The van der Waals surface area contributed by atoms with E-state index in [-0.39, 0.29) is 5.91 Å². The molecule has 35 heavy (non-hydrogen) atoms. The van der Waals surface area contributed by atoms with Crippen LogP contribution in [0.5, 0.6) is 0 Å². The molecule has 2 aromatic carbocycles. The van der Waals surface area contributed by atoms with Crippen molar-refractivity contribution in [3.8, 4) is 0 Å². The molecule has 1 N–H and O–H groups in total. The van der Waals surface area contributed by atoms with Gasteiger partial charge in [0.25, 0.3) is 0 Å². The Morgan fingerprint density at radius 3 is 2.14 bits per heavy atom. The molecule has 2 fully saturated rings. The number of benzene rings is 2. The van der Waals surface area contributed by atoms with Crippen molar-refractivity contribution in [3.05, 3.63) is 64.7 Å². The predicted octanol–water partition coefficient (Wildman–Crippen LogP) is 3.84. The van der Waals surface area contributed by atoms with Gasteiger partial charge in [0, 0.05) is 39.3 Å². The fourth-order valence-corrected chi connectivity index (χ4v) is 7.80. The maximum absolute atomic E-state index is 13.8. The monoisotopic (exact) mass is 497 g/mol. The van der Waals surface area contributed by atoms with E-state index in [0.717, 1.165) is 63.2 Å². The molecule has 4 rings (SSSR count). The van der Waals surface area contributed by atoms with Gasteiger partial charge in [0.05, 0.1) is 4.90 Å². The van der Waals surface area contributed by atoms with Crippen LogP contribution in [0.3, 0.4) is 0 Å². The zero-order chi connectivity index (χ0) is 25.1. The van der Waals surface area contributed by atoms with Crippen molar-refractivity contribution in [1.82, 2.24) is 15.1 Å². The third-order valence-electron chi connectivity index (χ3n) is 7.77. The van der Waals surface area contributed by atoms with Gasteiger partial charge in [0.2, 0.25) is 5.91 Å². The van der Waals surface area contributed by atoms with Crippen LogP contribution in [-0.4, -0.2) is 61.6 Å². The summed E-state index contributed by atoms with van der Waals surface area (Å²) in [4.78, 5) is 18.7. The normalized spacial score (nSPS) is 19.1. The molecule has 1 saturated heterocycles. The summed E-state index contributed by atoms with van der Waals surface area (Å²) in [6.45, 7) is 12.7. The van der Waals surface area contributed by atoms with Gasteiger partial charge < -0.3 is 10.2 Å². The molecule has 1 amide bonds. The fourth-order valence-electron chi connectivity index (χ4n) is 5.40. The smallest absolute Gasteiger partial charge is 0.242 e. The lowest BCUT2D eigenvalue weighted by atomic mass is 10.1. The number of nitrogens with one attached hydrogen (secondary N) is 1. The fraction of sp³-hybridized carbons (Fsp3) is 0.536. The number of rotatable bonds is 8. The number of amides is 1. The Hall–Kier alpha value is -2.22. The molecular weight excluding hydrogens is 458 g/mol. The van der Waals surface area contributed by atoms with E-state index in [9.17, 15) is 13.2 Å². The van der Waals surface area contributed by atoms with E-state index in [4.69, 9.17) is 0 Å². The van der Waals surface area contributed by atoms with Crippen LogP contribution < -0.4 is 5.32 Å². The summed E-state index contributed by atoms with van der Waals surface area (Å²) >= 11 is 0. The van der Waals surface area contributed by atoms with Gasteiger partial charge in [-0.3, -0.25) is 9.69 Å². The van der Waals surface area contributed by atoms with Crippen LogP contribution >= 0.6 is 0 Å². The number of piperazine rings is 1. The molecule has 0 radical (unpaired) electrons. The Morgan fingerprint density at radius 1 is 0.914 bits per heavy atom. The van der Waals surface area contributed by atoms with Gasteiger partial charge in [-0.2, -0.15) is 0 Å². The molecular formula is C28H39N3O3S. The van der Waals surface area contributed by atoms with E-state index in [1.165, 1.54) is 5.56 Å². The molecule has 2 aromatic rings. The summed E-state index contributed by atoms with van der Waals surface area (Å²) < 4.78 is 26.2. The average Bonchev–Trinajstić information content (AvgIpc) is 3.37. The largest absolute Gasteiger partial charge is 0.351 e.